The van der Waals surface area contributed by atoms with Gasteiger partial charge in [-0.2, -0.15) is 0 Å². The van der Waals surface area contributed by atoms with Crippen molar-refractivity contribution < 1.29 is 4.84 Å². The fourth-order valence-corrected chi connectivity index (χ4v) is 3.55. The van der Waals surface area contributed by atoms with E-state index in [1.165, 1.54) is 37.9 Å². The smallest absolute Gasteiger partial charge is 0.0876 e. The van der Waals surface area contributed by atoms with Gasteiger partial charge in [0.15, 0.2) is 0 Å². The van der Waals surface area contributed by atoms with E-state index < -0.39 is 0 Å². The van der Waals surface area contributed by atoms with Gasteiger partial charge < -0.3 is 0 Å². The zero-order valence-electron chi connectivity index (χ0n) is 16.5. The first kappa shape index (κ1) is 17.1. The van der Waals surface area contributed by atoms with Gasteiger partial charge in [-0.05, 0) is 64.7 Å². The molecule has 1 N–H and O–H groups in total. The fourth-order valence-electron chi connectivity index (χ4n) is 3.55. The number of hydrogen-bond donors (Lipinski definition) is 1. The van der Waals surface area contributed by atoms with Crippen LogP contribution in [0.15, 0.2) is 48.5 Å². The molecule has 134 valence electrons. The van der Waals surface area contributed by atoms with Gasteiger partial charge in [-0.25, -0.2) is 0 Å². The van der Waals surface area contributed by atoms with Gasteiger partial charge in [-0.3, -0.25) is 10.3 Å². The molecule has 0 aliphatic carbocycles. The predicted molar refractivity (Wildman–Crippen MR) is 113 cm³/mol. The van der Waals surface area contributed by atoms with Crippen molar-refractivity contribution in [2.45, 2.75) is 52.6 Å². The van der Waals surface area contributed by atoms with Crippen LogP contribution < -0.4 is 5.48 Å². The van der Waals surface area contributed by atoms with Gasteiger partial charge in [0.05, 0.1) is 11.3 Å². The first-order valence-corrected chi connectivity index (χ1v) is 9.29. The van der Waals surface area contributed by atoms with E-state index in [1.807, 2.05) is 20.8 Å². The van der Waals surface area contributed by atoms with E-state index in [4.69, 9.17) is 4.84 Å². The summed E-state index contributed by atoms with van der Waals surface area (Å²) in [6, 6.07) is 17.9. The minimum Gasteiger partial charge on any atom is -0.270 e. The summed E-state index contributed by atoms with van der Waals surface area (Å²) in [5.74, 6) is 0. The second-order valence-corrected chi connectivity index (χ2v) is 9.25. The van der Waals surface area contributed by atoms with E-state index >= 15 is 0 Å². The highest BCUT2D eigenvalue weighted by atomic mass is 16.7. The topological polar surface area (TPSA) is 21.3 Å². The lowest BCUT2D eigenvalue weighted by molar-refractivity contribution is 0.0378. The maximum Gasteiger partial charge on any atom is 0.0876 e. The Kier molecular flexibility index (Phi) is 3.68. The maximum absolute atomic E-state index is 5.82. The summed E-state index contributed by atoms with van der Waals surface area (Å²) < 4.78 is 0. The number of benzene rings is 4. The van der Waals surface area contributed by atoms with E-state index in [2.05, 4.69) is 74.8 Å². The van der Waals surface area contributed by atoms with Crippen LogP contribution in [0.25, 0.3) is 32.3 Å². The van der Waals surface area contributed by atoms with Crippen LogP contribution in [0.5, 0.6) is 0 Å². The average molecular weight is 345 g/mol. The number of rotatable bonds is 2. The Bertz CT molecular complexity index is 1080. The van der Waals surface area contributed by atoms with Crippen molar-refractivity contribution in [3.8, 4) is 0 Å². The second kappa shape index (κ2) is 5.59. The van der Waals surface area contributed by atoms with E-state index in [-0.39, 0.29) is 11.0 Å². The van der Waals surface area contributed by atoms with Gasteiger partial charge in [0.25, 0.3) is 0 Å². The SMILES string of the molecule is CC(C)(C)ONc1ccc2ccc3cc(C(C)(C)C)cc4ccc1c2c34. The van der Waals surface area contributed by atoms with Crippen LogP contribution in [0.2, 0.25) is 0 Å². The van der Waals surface area contributed by atoms with Crippen LogP contribution in [0.3, 0.4) is 0 Å². The van der Waals surface area contributed by atoms with E-state index in [0.717, 1.165) is 5.69 Å². The van der Waals surface area contributed by atoms with Crippen molar-refractivity contribution in [3.05, 3.63) is 54.1 Å². The van der Waals surface area contributed by atoms with Gasteiger partial charge in [0.1, 0.15) is 0 Å². The van der Waals surface area contributed by atoms with Gasteiger partial charge in [-0.1, -0.05) is 63.2 Å². The molecule has 4 rings (SSSR count). The third-order valence-corrected chi connectivity index (χ3v) is 4.93. The Hall–Kier alpha value is -2.32. The van der Waals surface area contributed by atoms with Crippen LogP contribution in [-0.4, -0.2) is 5.60 Å². The highest BCUT2D eigenvalue weighted by Gasteiger charge is 2.18. The van der Waals surface area contributed by atoms with Gasteiger partial charge in [0, 0.05) is 5.39 Å². The lowest BCUT2D eigenvalue weighted by atomic mass is 9.83. The van der Waals surface area contributed by atoms with Gasteiger partial charge in [-0.15, -0.1) is 0 Å². The zero-order valence-corrected chi connectivity index (χ0v) is 16.5. The molecule has 26 heavy (non-hydrogen) atoms. The van der Waals surface area contributed by atoms with Crippen LogP contribution >= 0.6 is 0 Å². The summed E-state index contributed by atoms with van der Waals surface area (Å²) in [5, 5.41) is 7.73. The number of hydrogen-bond acceptors (Lipinski definition) is 2. The molecule has 0 saturated heterocycles. The Morgan fingerprint density at radius 1 is 0.692 bits per heavy atom. The number of nitrogens with one attached hydrogen (secondary N) is 1. The van der Waals surface area contributed by atoms with Crippen LogP contribution in [0, 0.1) is 0 Å². The second-order valence-electron chi connectivity index (χ2n) is 9.25. The average Bonchev–Trinajstić information content (AvgIpc) is 2.56. The van der Waals surface area contributed by atoms with E-state index in [0.29, 0.717) is 0 Å². The molecule has 4 aromatic carbocycles. The summed E-state index contributed by atoms with van der Waals surface area (Å²) in [4.78, 5) is 5.82. The van der Waals surface area contributed by atoms with Crippen molar-refractivity contribution in [2.75, 3.05) is 5.48 Å². The third kappa shape index (κ3) is 2.89. The van der Waals surface area contributed by atoms with Gasteiger partial charge in [0.2, 0.25) is 0 Å². The first-order valence-electron chi connectivity index (χ1n) is 9.29. The minimum atomic E-state index is -0.244. The van der Waals surface area contributed by atoms with Gasteiger partial charge >= 0.3 is 0 Å². The molecule has 0 aromatic heterocycles. The molecule has 0 saturated carbocycles. The summed E-state index contributed by atoms with van der Waals surface area (Å²) >= 11 is 0. The summed E-state index contributed by atoms with van der Waals surface area (Å²) in [5.41, 5.74) is 5.46. The first-order chi connectivity index (χ1) is 12.1. The lowest BCUT2D eigenvalue weighted by Crippen LogP contribution is -2.22. The van der Waals surface area contributed by atoms with Crippen molar-refractivity contribution in [1.29, 1.82) is 0 Å². The van der Waals surface area contributed by atoms with Crippen LogP contribution in [0.4, 0.5) is 5.69 Å². The molecule has 4 aromatic rings. The van der Waals surface area contributed by atoms with Crippen molar-refractivity contribution in [2.24, 2.45) is 0 Å². The Labute approximate surface area is 155 Å². The summed E-state index contributed by atoms with van der Waals surface area (Å²) in [6.07, 6.45) is 0. The predicted octanol–water partition coefficient (Wildman–Crippen LogP) is 7.02. The fraction of sp³-hybridized carbons (Fsp3) is 0.333. The molecule has 0 spiro atoms. The molecule has 0 atom stereocenters. The maximum atomic E-state index is 5.82. The summed E-state index contributed by atoms with van der Waals surface area (Å²) in [6.45, 7) is 12.9. The molecule has 0 radical (unpaired) electrons. The zero-order chi connectivity index (χ0) is 18.7. The molecular formula is C24H27NO. The molecule has 0 heterocycles. The molecule has 0 bridgehead atoms. The van der Waals surface area contributed by atoms with E-state index in [1.54, 1.807) is 0 Å². The molecule has 0 aliphatic rings. The monoisotopic (exact) mass is 345 g/mol. The van der Waals surface area contributed by atoms with Crippen LogP contribution in [-0.2, 0) is 10.3 Å². The highest BCUT2D eigenvalue weighted by molar-refractivity contribution is 6.25. The third-order valence-electron chi connectivity index (χ3n) is 4.93. The normalized spacial score (nSPS) is 13.2. The summed E-state index contributed by atoms with van der Waals surface area (Å²) in [7, 11) is 0. The van der Waals surface area contributed by atoms with Crippen molar-refractivity contribution in [1.82, 2.24) is 0 Å². The van der Waals surface area contributed by atoms with E-state index in [9.17, 15) is 0 Å². The quantitative estimate of drug-likeness (QED) is 0.311. The lowest BCUT2D eigenvalue weighted by Gasteiger charge is -2.23. The molecular weight excluding hydrogens is 318 g/mol. The molecule has 0 fully saturated rings. The highest BCUT2D eigenvalue weighted by Crippen LogP contribution is 2.40. The molecule has 2 nitrogen and oxygen atoms in total. The Balaban J connectivity index is 1.98. The van der Waals surface area contributed by atoms with Crippen molar-refractivity contribution >= 4 is 38.0 Å². The minimum absolute atomic E-state index is 0.137. The molecule has 0 amide bonds. The number of anilines is 1. The standard InChI is InChI=1S/C24H27NO/c1-23(2,3)18-13-16-8-7-15-10-12-20(25-26-24(4,5)6)19-11-9-17(14-18)21(16)22(15)19/h7-14,25H,1-6H3. The molecule has 2 heteroatoms. The Morgan fingerprint density at radius 2 is 1.27 bits per heavy atom. The molecule has 0 aliphatic heterocycles. The molecule has 0 unspecified atom stereocenters. The van der Waals surface area contributed by atoms with Crippen molar-refractivity contribution in [3.63, 3.8) is 0 Å². The van der Waals surface area contributed by atoms with Crippen LogP contribution in [0.1, 0.15) is 47.1 Å². The largest absolute Gasteiger partial charge is 0.270 e. The Morgan fingerprint density at radius 3 is 1.88 bits per heavy atom.